The van der Waals surface area contributed by atoms with Crippen molar-refractivity contribution >= 4 is 17.5 Å². The number of ether oxygens (including phenoxy) is 1. The summed E-state index contributed by atoms with van der Waals surface area (Å²) in [6.07, 6.45) is -0.654. The van der Waals surface area contributed by atoms with Crippen LogP contribution < -0.4 is 5.32 Å². The van der Waals surface area contributed by atoms with Crippen LogP contribution in [0.3, 0.4) is 0 Å². The molecule has 0 aromatic heterocycles. The maximum absolute atomic E-state index is 10.9. The summed E-state index contributed by atoms with van der Waals surface area (Å²) in [5.41, 5.74) is 1.02. The SMILES string of the molecule is COC(=O)Nc1cc([N+](=O)[O-])ccc1C. The van der Waals surface area contributed by atoms with Crippen molar-refractivity contribution in [2.24, 2.45) is 0 Å². The van der Waals surface area contributed by atoms with Crippen molar-refractivity contribution in [2.45, 2.75) is 6.92 Å². The molecule has 0 radical (unpaired) electrons. The molecular weight excluding hydrogens is 200 g/mol. The lowest BCUT2D eigenvalue weighted by atomic mass is 10.2. The molecule has 80 valence electrons. The molecule has 0 bridgehead atoms. The van der Waals surface area contributed by atoms with Gasteiger partial charge in [-0.05, 0) is 12.5 Å². The molecule has 0 aliphatic rings. The molecule has 1 N–H and O–H groups in total. The Morgan fingerprint density at radius 3 is 2.73 bits per heavy atom. The minimum atomic E-state index is -0.654. The first-order valence-electron chi connectivity index (χ1n) is 4.14. The van der Waals surface area contributed by atoms with Crippen LogP contribution in [-0.4, -0.2) is 18.1 Å². The van der Waals surface area contributed by atoms with Gasteiger partial charge in [-0.1, -0.05) is 6.07 Å². The molecule has 1 aromatic rings. The van der Waals surface area contributed by atoms with Gasteiger partial charge in [0.05, 0.1) is 17.7 Å². The van der Waals surface area contributed by atoms with Crippen LogP contribution in [0.5, 0.6) is 0 Å². The van der Waals surface area contributed by atoms with Crippen molar-refractivity contribution in [3.05, 3.63) is 33.9 Å². The molecule has 0 aliphatic carbocycles. The van der Waals surface area contributed by atoms with Gasteiger partial charge in [0.2, 0.25) is 0 Å². The summed E-state index contributed by atoms with van der Waals surface area (Å²) in [5.74, 6) is 0. The van der Waals surface area contributed by atoms with Gasteiger partial charge < -0.3 is 4.74 Å². The predicted molar refractivity (Wildman–Crippen MR) is 53.9 cm³/mol. The quantitative estimate of drug-likeness (QED) is 0.598. The van der Waals surface area contributed by atoms with Crippen LogP contribution in [0.15, 0.2) is 18.2 Å². The summed E-state index contributed by atoms with van der Waals surface area (Å²) in [6, 6.07) is 4.22. The summed E-state index contributed by atoms with van der Waals surface area (Å²) >= 11 is 0. The monoisotopic (exact) mass is 210 g/mol. The number of hydrogen-bond acceptors (Lipinski definition) is 4. The van der Waals surface area contributed by atoms with Crippen LogP contribution >= 0.6 is 0 Å². The number of amides is 1. The van der Waals surface area contributed by atoms with Gasteiger partial charge in [0.25, 0.3) is 5.69 Å². The van der Waals surface area contributed by atoms with Crippen LogP contribution in [0.25, 0.3) is 0 Å². The van der Waals surface area contributed by atoms with E-state index in [4.69, 9.17) is 0 Å². The standard InChI is InChI=1S/C9H10N2O4/c1-6-3-4-7(11(13)14)5-8(6)10-9(12)15-2/h3-5H,1-2H3,(H,10,12). The van der Waals surface area contributed by atoms with Gasteiger partial charge in [0.1, 0.15) is 0 Å². The Bertz CT molecular complexity index is 403. The largest absolute Gasteiger partial charge is 0.453 e. The van der Waals surface area contributed by atoms with E-state index in [-0.39, 0.29) is 5.69 Å². The lowest BCUT2D eigenvalue weighted by Crippen LogP contribution is -2.12. The number of rotatable bonds is 2. The number of non-ortho nitro benzene ring substituents is 1. The average Bonchev–Trinajstić information content (AvgIpc) is 2.20. The van der Waals surface area contributed by atoms with Crippen molar-refractivity contribution in [2.75, 3.05) is 12.4 Å². The molecular formula is C9H10N2O4. The zero-order valence-corrected chi connectivity index (χ0v) is 8.31. The molecule has 1 aromatic carbocycles. The Morgan fingerprint density at radius 1 is 1.53 bits per heavy atom. The van der Waals surface area contributed by atoms with Gasteiger partial charge in [-0.2, -0.15) is 0 Å². The molecule has 0 aliphatic heterocycles. The second-order valence-electron chi connectivity index (χ2n) is 2.87. The first kappa shape index (κ1) is 11.0. The number of nitrogens with zero attached hydrogens (tertiary/aromatic N) is 1. The van der Waals surface area contributed by atoms with E-state index < -0.39 is 11.0 Å². The first-order chi connectivity index (χ1) is 7.04. The molecule has 6 heteroatoms. The van der Waals surface area contributed by atoms with Crippen molar-refractivity contribution in [1.29, 1.82) is 0 Å². The number of nitro benzene ring substituents is 1. The summed E-state index contributed by atoms with van der Waals surface area (Å²) in [5, 5.41) is 12.9. The Kier molecular flexibility index (Phi) is 3.22. The van der Waals surface area contributed by atoms with Gasteiger partial charge in [0, 0.05) is 12.1 Å². The maximum atomic E-state index is 10.9. The molecule has 0 fully saturated rings. The molecule has 0 unspecified atom stereocenters. The Balaban J connectivity index is 3.00. The average molecular weight is 210 g/mol. The molecule has 15 heavy (non-hydrogen) atoms. The zero-order valence-electron chi connectivity index (χ0n) is 8.31. The van der Waals surface area contributed by atoms with E-state index >= 15 is 0 Å². The number of methoxy groups -OCH3 is 1. The van der Waals surface area contributed by atoms with Gasteiger partial charge in [-0.3, -0.25) is 15.4 Å². The minimum absolute atomic E-state index is 0.0768. The van der Waals surface area contributed by atoms with Gasteiger partial charge in [-0.15, -0.1) is 0 Å². The smallest absolute Gasteiger partial charge is 0.411 e. The normalized spacial score (nSPS) is 9.47. The van der Waals surface area contributed by atoms with E-state index in [1.54, 1.807) is 13.0 Å². The molecule has 0 atom stereocenters. The molecule has 1 rings (SSSR count). The summed E-state index contributed by atoms with van der Waals surface area (Å²) < 4.78 is 4.39. The van der Waals surface area contributed by atoms with Crippen LogP contribution in [0.4, 0.5) is 16.2 Å². The van der Waals surface area contributed by atoms with Gasteiger partial charge >= 0.3 is 6.09 Å². The third-order valence-corrected chi connectivity index (χ3v) is 1.85. The molecule has 1 amide bonds. The number of carbonyl (C=O) groups excluding carboxylic acids is 1. The molecule has 0 heterocycles. The highest BCUT2D eigenvalue weighted by atomic mass is 16.6. The summed E-state index contributed by atoms with van der Waals surface area (Å²) in [6.45, 7) is 1.73. The zero-order chi connectivity index (χ0) is 11.4. The third-order valence-electron chi connectivity index (χ3n) is 1.85. The van der Waals surface area contributed by atoms with E-state index in [9.17, 15) is 14.9 Å². The summed E-state index contributed by atoms with van der Waals surface area (Å²) in [4.78, 5) is 20.9. The van der Waals surface area contributed by atoms with E-state index in [0.29, 0.717) is 5.69 Å². The number of aryl methyl sites for hydroxylation is 1. The molecule has 0 saturated carbocycles. The van der Waals surface area contributed by atoms with Crippen LogP contribution in [0.1, 0.15) is 5.56 Å². The Morgan fingerprint density at radius 2 is 2.20 bits per heavy atom. The summed E-state index contributed by atoms with van der Waals surface area (Å²) in [7, 11) is 1.22. The molecule has 6 nitrogen and oxygen atoms in total. The topological polar surface area (TPSA) is 81.5 Å². The number of carbonyl (C=O) groups is 1. The maximum Gasteiger partial charge on any atom is 0.411 e. The highest BCUT2D eigenvalue weighted by Gasteiger charge is 2.10. The third kappa shape index (κ3) is 2.67. The Hall–Kier alpha value is -2.11. The van der Waals surface area contributed by atoms with Crippen LogP contribution in [-0.2, 0) is 4.74 Å². The lowest BCUT2D eigenvalue weighted by Gasteiger charge is -2.06. The second-order valence-corrected chi connectivity index (χ2v) is 2.87. The van der Waals surface area contributed by atoms with Gasteiger partial charge in [-0.25, -0.2) is 4.79 Å². The van der Waals surface area contributed by atoms with Crippen molar-refractivity contribution < 1.29 is 14.5 Å². The van der Waals surface area contributed by atoms with E-state index in [0.717, 1.165) is 5.56 Å². The fourth-order valence-electron chi connectivity index (χ4n) is 1.02. The fourth-order valence-corrected chi connectivity index (χ4v) is 1.02. The Labute approximate surface area is 86.0 Å². The second kappa shape index (κ2) is 4.41. The molecule has 0 saturated heterocycles. The highest BCUT2D eigenvalue weighted by Crippen LogP contribution is 2.21. The van der Waals surface area contributed by atoms with Gasteiger partial charge in [0.15, 0.2) is 0 Å². The lowest BCUT2D eigenvalue weighted by molar-refractivity contribution is -0.384. The highest BCUT2D eigenvalue weighted by molar-refractivity contribution is 5.86. The van der Waals surface area contributed by atoms with E-state index in [1.165, 1.54) is 19.2 Å². The predicted octanol–water partition coefficient (Wildman–Crippen LogP) is 2.08. The van der Waals surface area contributed by atoms with Crippen LogP contribution in [0, 0.1) is 17.0 Å². The van der Waals surface area contributed by atoms with Crippen molar-refractivity contribution in [3.8, 4) is 0 Å². The van der Waals surface area contributed by atoms with Crippen molar-refractivity contribution in [3.63, 3.8) is 0 Å². The number of benzene rings is 1. The number of anilines is 1. The number of hydrogen-bond donors (Lipinski definition) is 1. The number of nitrogens with one attached hydrogen (secondary N) is 1. The molecule has 0 spiro atoms. The van der Waals surface area contributed by atoms with E-state index in [2.05, 4.69) is 10.1 Å². The number of nitro groups is 1. The van der Waals surface area contributed by atoms with Crippen LogP contribution in [0.2, 0.25) is 0 Å². The minimum Gasteiger partial charge on any atom is -0.453 e. The van der Waals surface area contributed by atoms with Crippen molar-refractivity contribution in [1.82, 2.24) is 0 Å². The first-order valence-corrected chi connectivity index (χ1v) is 4.14. The van der Waals surface area contributed by atoms with E-state index in [1.807, 2.05) is 0 Å². The fraction of sp³-hybridized carbons (Fsp3) is 0.222.